The first-order chi connectivity index (χ1) is 48.5. The van der Waals surface area contributed by atoms with Crippen molar-refractivity contribution >= 4 is 34.1 Å². The monoisotopic (exact) mass is 1250 g/mol. The molecule has 0 saturated carbocycles. The SMILES string of the molecule is c1ccc(C2(c3ccccc3)c3ccccc3-c3ccc(-c4ccc(N(c5ccc(-c6ccc7c(c6)CC7)cc5)c5cccc(N(c6ccc(-c7ccc8c(c7)CC8)cc6)c6ccc(-c7ccc8c(c7)C(c7ccccc7)(c7ccccc7)c7ccccc7-8)cc6)c5)cc4)cc32)cc1. The fourth-order valence-electron chi connectivity index (χ4n) is 16.9. The molecule has 0 aromatic heterocycles. The van der Waals surface area contributed by atoms with E-state index < -0.39 is 10.8 Å². The number of nitrogens with zero attached hydrogens (tertiary/aromatic N) is 2. The van der Waals surface area contributed by atoms with Gasteiger partial charge in [-0.3, -0.25) is 0 Å². The molecule has 0 saturated heterocycles. The first kappa shape index (κ1) is 57.4. The minimum Gasteiger partial charge on any atom is -0.310 e. The molecule has 0 amide bonds. The highest BCUT2D eigenvalue weighted by Crippen LogP contribution is 2.59. The molecular weight excluding hydrogens is 1180 g/mol. The minimum atomic E-state index is -0.492. The lowest BCUT2D eigenvalue weighted by atomic mass is 9.67. The second-order valence-electron chi connectivity index (χ2n) is 26.9. The Labute approximate surface area is 574 Å². The molecule has 0 atom stereocenters. The molecule has 0 radical (unpaired) electrons. The molecule has 4 aliphatic rings. The number of anilines is 6. The van der Waals surface area contributed by atoms with Crippen LogP contribution in [0.2, 0.25) is 0 Å². The van der Waals surface area contributed by atoms with Crippen LogP contribution in [0.15, 0.2) is 364 Å². The zero-order valence-electron chi connectivity index (χ0n) is 54.4. The normalized spacial score (nSPS) is 13.7. The molecule has 15 aromatic rings. The van der Waals surface area contributed by atoms with Gasteiger partial charge in [-0.05, 0) is 238 Å². The molecule has 462 valence electrons. The van der Waals surface area contributed by atoms with Crippen LogP contribution >= 0.6 is 0 Å². The summed E-state index contributed by atoms with van der Waals surface area (Å²) in [5, 5.41) is 0. The van der Waals surface area contributed by atoms with E-state index in [4.69, 9.17) is 0 Å². The van der Waals surface area contributed by atoms with Gasteiger partial charge in [0.1, 0.15) is 0 Å². The average Bonchev–Trinajstić information content (AvgIpc) is 1.54. The number of benzene rings is 15. The van der Waals surface area contributed by atoms with Gasteiger partial charge in [0.2, 0.25) is 0 Å². The third kappa shape index (κ3) is 9.23. The quantitative estimate of drug-likeness (QED) is 0.107. The smallest absolute Gasteiger partial charge is 0.0713 e. The zero-order chi connectivity index (χ0) is 64.7. The summed E-state index contributed by atoms with van der Waals surface area (Å²) in [7, 11) is 0. The fourth-order valence-corrected chi connectivity index (χ4v) is 16.9. The van der Waals surface area contributed by atoms with Crippen molar-refractivity contribution in [1.29, 1.82) is 0 Å². The molecule has 0 unspecified atom stereocenters. The summed E-state index contributed by atoms with van der Waals surface area (Å²) in [6, 6.07) is 137. The fraction of sp³-hybridized carbons (Fsp3) is 0.0625. The van der Waals surface area contributed by atoms with Crippen molar-refractivity contribution in [2.75, 3.05) is 9.80 Å². The van der Waals surface area contributed by atoms with Crippen molar-refractivity contribution in [3.8, 4) is 66.8 Å². The van der Waals surface area contributed by atoms with Gasteiger partial charge in [-0.1, -0.05) is 285 Å². The first-order valence-electron chi connectivity index (χ1n) is 34.6. The topological polar surface area (TPSA) is 6.48 Å². The number of fused-ring (bicyclic) bond motifs is 8. The second kappa shape index (κ2) is 23.4. The zero-order valence-corrected chi connectivity index (χ0v) is 54.4. The van der Waals surface area contributed by atoms with E-state index in [0.717, 1.165) is 58.1 Å². The minimum absolute atomic E-state index is 0.492. The maximum atomic E-state index is 2.46. The molecule has 4 aliphatic carbocycles. The summed E-state index contributed by atoms with van der Waals surface area (Å²) >= 11 is 0. The van der Waals surface area contributed by atoms with Crippen molar-refractivity contribution in [2.24, 2.45) is 0 Å². The van der Waals surface area contributed by atoms with Crippen LogP contribution in [0.5, 0.6) is 0 Å². The summed E-state index contributed by atoms with van der Waals surface area (Å²) in [6.45, 7) is 0. The molecule has 0 heterocycles. The van der Waals surface area contributed by atoms with E-state index in [-0.39, 0.29) is 0 Å². The van der Waals surface area contributed by atoms with Crippen LogP contribution in [0.25, 0.3) is 66.8 Å². The lowest BCUT2D eigenvalue weighted by Gasteiger charge is -2.34. The van der Waals surface area contributed by atoms with E-state index in [2.05, 4.69) is 374 Å². The molecule has 98 heavy (non-hydrogen) atoms. The Bertz CT molecular complexity index is 5100. The molecular formula is C96H68N2. The summed E-state index contributed by atoms with van der Waals surface area (Å²) in [5.74, 6) is 0. The molecule has 2 heteroatoms. The number of aryl methyl sites for hydroxylation is 4. The van der Waals surface area contributed by atoms with Gasteiger partial charge < -0.3 is 9.80 Å². The summed E-state index contributed by atoms with van der Waals surface area (Å²) in [6.07, 6.45) is 4.64. The van der Waals surface area contributed by atoms with Crippen molar-refractivity contribution in [3.63, 3.8) is 0 Å². The predicted octanol–water partition coefficient (Wildman–Crippen LogP) is 24.2. The van der Waals surface area contributed by atoms with Gasteiger partial charge in [-0.25, -0.2) is 0 Å². The van der Waals surface area contributed by atoms with E-state index in [0.29, 0.717) is 0 Å². The van der Waals surface area contributed by atoms with Gasteiger partial charge in [0.05, 0.1) is 10.8 Å². The third-order valence-electron chi connectivity index (χ3n) is 21.8. The molecule has 0 N–H and O–H groups in total. The second-order valence-corrected chi connectivity index (χ2v) is 26.9. The Morgan fingerprint density at radius 2 is 0.449 bits per heavy atom. The van der Waals surface area contributed by atoms with Crippen LogP contribution in [0.4, 0.5) is 34.1 Å². The van der Waals surface area contributed by atoms with E-state index in [1.165, 1.54) is 135 Å². The average molecular weight is 1250 g/mol. The van der Waals surface area contributed by atoms with Crippen LogP contribution in [0.3, 0.4) is 0 Å². The summed E-state index contributed by atoms with van der Waals surface area (Å²) in [5.41, 5.74) is 36.3. The first-order valence-corrected chi connectivity index (χ1v) is 34.6. The van der Waals surface area contributed by atoms with Crippen LogP contribution in [0, 0.1) is 0 Å². The van der Waals surface area contributed by atoms with Crippen LogP contribution < -0.4 is 9.80 Å². The van der Waals surface area contributed by atoms with Crippen molar-refractivity contribution in [2.45, 2.75) is 36.5 Å². The maximum absolute atomic E-state index is 2.46. The molecule has 0 spiro atoms. The Kier molecular flexibility index (Phi) is 13.7. The van der Waals surface area contributed by atoms with Gasteiger partial charge in [0.15, 0.2) is 0 Å². The Balaban J connectivity index is 0.724. The lowest BCUT2D eigenvalue weighted by molar-refractivity contribution is 0.769. The van der Waals surface area contributed by atoms with Crippen LogP contribution in [-0.4, -0.2) is 0 Å². The van der Waals surface area contributed by atoms with Gasteiger partial charge >= 0.3 is 0 Å². The summed E-state index contributed by atoms with van der Waals surface area (Å²) in [4.78, 5) is 4.85. The molecule has 0 fully saturated rings. The Hall–Kier alpha value is -12.1. The Morgan fingerprint density at radius 3 is 0.765 bits per heavy atom. The van der Waals surface area contributed by atoms with E-state index in [1.54, 1.807) is 0 Å². The molecule has 2 nitrogen and oxygen atoms in total. The number of hydrogen-bond acceptors (Lipinski definition) is 2. The third-order valence-corrected chi connectivity index (χ3v) is 21.8. The van der Waals surface area contributed by atoms with Gasteiger partial charge in [-0.15, -0.1) is 0 Å². The van der Waals surface area contributed by atoms with Gasteiger partial charge in [0.25, 0.3) is 0 Å². The number of rotatable bonds is 14. The number of hydrogen-bond donors (Lipinski definition) is 0. The van der Waals surface area contributed by atoms with E-state index in [9.17, 15) is 0 Å². The van der Waals surface area contributed by atoms with E-state index >= 15 is 0 Å². The maximum Gasteiger partial charge on any atom is 0.0713 e. The van der Waals surface area contributed by atoms with Gasteiger partial charge in [0, 0.05) is 34.1 Å². The molecule has 0 aliphatic heterocycles. The highest BCUT2D eigenvalue weighted by molar-refractivity contribution is 5.92. The highest BCUT2D eigenvalue weighted by Gasteiger charge is 2.48. The summed E-state index contributed by atoms with van der Waals surface area (Å²) < 4.78 is 0. The van der Waals surface area contributed by atoms with Crippen LogP contribution in [0.1, 0.15) is 66.8 Å². The Morgan fingerprint density at radius 1 is 0.173 bits per heavy atom. The van der Waals surface area contributed by atoms with Crippen molar-refractivity contribution < 1.29 is 0 Å². The van der Waals surface area contributed by atoms with E-state index in [1.807, 2.05) is 0 Å². The van der Waals surface area contributed by atoms with Crippen LogP contribution in [-0.2, 0) is 36.5 Å². The van der Waals surface area contributed by atoms with Gasteiger partial charge in [-0.2, -0.15) is 0 Å². The molecule has 19 rings (SSSR count). The standard InChI is InChI=1S/C96H68N2/c1-5-18-77(19-6-1)95(78-20-7-2-8-21-78)91-30-15-13-28-87(91)89-58-48-75(62-93(89)95)69-44-54-83(55-45-69)97(81-50-40-67(41-51-81)73-38-34-65-32-36-71(65)60-73)85-26-17-27-86(64-85)98(82-52-42-68(43-53-82)74-39-35-66-33-37-72(66)61-74)84-56-46-70(47-57-84)76-49-59-90-88-29-14-16-31-92(88)96(94(90)63-76,79-22-9-3-10-23-79)80-24-11-4-12-25-80/h1-31,34-35,38-64H,32-33,36-37H2. The molecule has 15 aromatic carbocycles. The van der Waals surface area contributed by atoms with Crippen molar-refractivity contribution in [3.05, 3.63) is 431 Å². The largest absolute Gasteiger partial charge is 0.310 e. The molecule has 0 bridgehead atoms. The predicted molar refractivity (Wildman–Crippen MR) is 407 cm³/mol. The lowest BCUT2D eigenvalue weighted by Crippen LogP contribution is -2.28. The highest BCUT2D eigenvalue weighted by atomic mass is 15.2. The van der Waals surface area contributed by atoms with Crippen molar-refractivity contribution in [1.82, 2.24) is 0 Å².